The van der Waals surface area contributed by atoms with E-state index >= 15 is 0 Å². The summed E-state index contributed by atoms with van der Waals surface area (Å²) in [4.78, 5) is 4.90. The SMILES string of the molecule is [2H]c1c([2H])c([2H])c(-c2cc(-n3c4ccccc4c4ccccc43)cc(-c3c([2H])c([2H])c([2H])c([2H])c3[2H])c2-n2[c](=[Pt])n(-c3[c-]c(Oc4[c-]c5c(cc4)c4cc(C)cc(C)c4n5-c4cc(C(C)(C)C)ccn4)ccc3)c3ccccc32)c([2H])c1[2H]. The van der Waals surface area contributed by atoms with E-state index in [0.29, 0.717) is 37.7 Å². The molecule has 73 heavy (non-hydrogen) atoms. The summed E-state index contributed by atoms with van der Waals surface area (Å²) in [5, 5.41) is 3.90. The monoisotopic (exact) mass is 1130 g/mol. The molecule has 13 rings (SSSR count). The van der Waals surface area contributed by atoms with Gasteiger partial charge in [-0.25, -0.2) is 0 Å². The topological polar surface area (TPSA) is 41.8 Å². The molecule has 0 saturated carbocycles. The van der Waals surface area contributed by atoms with Gasteiger partial charge in [0.05, 0.1) is 0 Å². The Morgan fingerprint density at radius 1 is 0.548 bits per heavy atom. The second kappa shape index (κ2) is 17.5. The van der Waals surface area contributed by atoms with Gasteiger partial charge in [0.2, 0.25) is 0 Å². The van der Waals surface area contributed by atoms with E-state index in [9.17, 15) is 5.48 Å². The van der Waals surface area contributed by atoms with Gasteiger partial charge in [-0.15, -0.1) is 0 Å². The van der Waals surface area contributed by atoms with Crippen molar-refractivity contribution in [3.8, 4) is 56.6 Å². The van der Waals surface area contributed by atoms with Crippen LogP contribution in [0, 0.1) is 29.8 Å². The summed E-state index contributed by atoms with van der Waals surface area (Å²) in [5.41, 5.74) is 9.04. The van der Waals surface area contributed by atoms with Crippen LogP contribution in [0.2, 0.25) is 0 Å². The van der Waals surface area contributed by atoms with E-state index in [1.807, 2.05) is 117 Å². The number of pyridine rings is 1. The molecular formula is C66H49N5OPt-2. The predicted octanol–water partition coefficient (Wildman–Crippen LogP) is 16.7. The molecule has 0 aliphatic heterocycles. The van der Waals surface area contributed by atoms with Gasteiger partial charge in [0.25, 0.3) is 0 Å². The maximum atomic E-state index is 9.56. The minimum atomic E-state index is -0.584. The summed E-state index contributed by atoms with van der Waals surface area (Å²) in [6, 6.07) is 46.5. The molecule has 9 aromatic carbocycles. The first-order valence-corrected chi connectivity index (χ1v) is 25.0. The first-order valence-electron chi connectivity index (χ1n) is 28.9. The second-order valence-electron chi connectivity index (χ2n) is 19.2. The van der Waals surface area contributed by atoms with E-state index < -0.39 is 60.4 Å². The first-order chi connectivity index (χ1) is 39.7. The Bertz CT molecular complexity index is 4810. The van der Waals surface area contributed by atoms with Crippen molar-refractivity contribution in [3.05, 3.63) is 239 Å². The maximum absolute atomic E-state index is 9.56. The molecule has 0 saturated heterocycles. The number of para-hydroxylation sites is 4. The van der Waals surface area contributed by atoms with Crippen LogP contribution in [-0.4, -0.2) is 23.3 Å². The third-order valence-electron chi connectivity index (χ3n) is 13.5. The average molecular weight is 1130 g/mol. The number of imidazole rings is 1. The number of nitrogens with zero attached hydrogens (tertiary/aromatic N) is 5. The molecule has 0 spiro atoms. The van der Waals surface area contributed by atoms with Gasteiger partial charge in [-0.1, -0.05) is 32.4 Å². The second-order valence-corrected chi connectivity index (χ2v) is 20.2. The summed E-state index contributed by atoms with van der Waals surface area (Å²) in [6.07, 6.45) is 1.85. The number of benzene rings is 9. The average Bonchev–Trinajstić information content (AvgIpc) is 2.64. The summed E-state index contributed by atoms with van der Waals surface area (Å²) in [7, 11) is 0. The minimum absolute atomic E-state index is 0.124. The molecule has 0 unspecified atom stereocenters. The predicted molar refractivity (Wildman–Crippen MR) is 296 cm³/mol. The summed E-state index contributed by atoms with van der Waals surface area (Å²) in [5.74, 6) is 1.57. The Morgan fingerprint density at radius 2 is 1.15 bits per heavy atom. The molecule has 4 aromatic heterocycles. The first kappa shape index (κ1) is 34.9. The van der Waals surface area contributed by atoms with Gasteiger partial charge in [-0.3, -0.25) is 0 Å². The van der Waals surface area contributed by atoms with E-state index in [4.69, 9.17) is 17.9 Å². The molecule has 0 N–H and O–H groups in total. The fraction of sp³-hybridized carbons (Fsp3) is 0.0909. The van der Waals surface area contributed by atoms with Crippen molar-refractivity contribution >= 4 is 54.6 Å². The fourth-order valence-corrected chi connectivity index (χ4v) is 11.4. The number of ether oxygens (including phenoxy) is 1. The van der Waals surface area contributed by atoms with E-state index in [1.165, 1.54) is 0 Å². The van der Waals surface area contributed by atoms with Crippen LogP contribution in [0.5, 0.6) is 11.5 Å². The van der Waals surface area contributed by atoms with E-state index in [0.717, 1.165) is 66.1 Å². The van der Waals surface area contributed by atoms with Gasteiger partial charge >= 0.3 is 382 Å². The van der Waals surface area contributed by atoms with Crippen LogP contribution in [0.3, 0.4) is 0 Å². The van der Waals surface area contributed by atoms with Crippen LogP contribution in [0.25, 0.3) is 99.8 Å². The molecule has 356 valence electrons. The van der Waals surface area contributed by atoms with Gasteiger partial charge in [-0.05, 0) is 30.9 Å². The summed E-state index contributed by atoms with van der Waals surface area (Å²) in [6.45, 7) is 10.8. The molecule has 13 aromatic rings. The van der Waals surface area contributed by atoms with Crippen LogP contribution < -0.4 is 4.74 Å². The Labute approximate surface area is 449 Å². The van der Waals surface area contributed by atoms with Crippen molar-refractivity contribution in [2.45, 2.75) is 40.0 Å². The molecule has 0 radical (unpaired) electrons. The van der Waals surface area contributed by atoms with Crippen molar-refractivity contribution in [1.29, 1.82) is 0 Å². The number of hydrogen-bond donors (Lipinski definition) is 0. The van der Waals surface area contributed by atoms with Crippen LogP contribution in [0.4, 0.5) is 0 Å². The number of hydrogen-bond acceptors (Lipinski definition) is 2. The number of rotatable bonds is 8. The van der Waals surface area contributed by atoms with Crippen LogP contribution in [-0.2, 0) is 24.8 Å². The molecule has 0 aliphatic rings. The van der Waals surface area contributed by atoms with E-state index in [2.05, 4.69) is 101 Å². The van der Waals surface area contributed by atoms with Crippen LogP contribution in [0.1, 0.15) is 51.2 Å². The van der Waals surface area contributed by atoms with Gasteiger partial charge in [-0.2, -0.15) is 0 Å². The Hall–Kier alpha value is -8.31. The molecule has 0 atom stereocenters. The molecule has 0 amide bonds. The normalized spacial score (nSPS) is 13.9. The summed E-state index contributed by atoms with van der Waals surface area (Å²) < 4.78 is 107. The zero-order valence-electron chi connectivity index (χ0n) is 50.3. The number of aryl methyl sites for hydroxylation is 2. The number of aromatic nitrogens is 5. The standard InChI is InChI=1S/C66H49N5O.Pt/c1-43-35-44(2)64-57(36-43)54-32-31-51(41-62(54)71(64)63-37-47(33-34-67-63)66(3,4)5)72-50-24-18-23-48(38-50)68-42-69(61-30-17-16-29-60(61)68)65-55(45-19-8-6-9-20-45)39-49(40-56(65)46-21-10-7-11-22-46)70-58-27-14-12-25-52(58)53-26-13-15-28-59(53)70;/h6-37,39-40H,1-5H3;/q-2;/i6D,7D,8D,9D,10D,11D,19D,20D,21D,22D;. The van der Waals surface area contributed by atoms with Crippen molar-refractivity contribution in [2.24, 2.45) is 0 Å². The molecule has 4 heterocycles. The van der Waals surface area contributed by atoms with Crippen molar-refractivity contribution in [2.75, 3.05) is 0 Å². The number of fused-ring (bicyclic) bond motifs is 7. The molecule has 6 nitrogen and oxygen atoms in total. The van der Waals surface area contributed by atoms with Gasteiger partial charge < -0.3 is 0 Å². The van der Waals surface area contributed by atoms with Gasteiger partial charge in [0.15, 0.2) is 0 Å². The zero-order chi connectivity index (χ0) is 58.2. The van der Waals surface area contributed by atoms with Gasteiger partial charge in [0.1, 0.15) is 0 Å². The zero-order valence-corrected chi connectivity index (χ0v) is 42.6. The van der Waals surface area contributed by atoms with Crippen molar-refractivity contribution in [3.63, 3.8) is 0 Å². The van der Waals surface area contributed by atoms with Crippen molar-refractivity contribution in [1.82, 2.24) is 23.3 Å². The molecule has 0 bridgehead atoms. The third kappa shape index (κ3) is 7.51. The third-order valence-corrected chi connectivity index (χ3v) is 14.6. The van der Waals surface area contributed by atoms with E-state index in [-0.39, 0.29) is 33.4 Å². The Kier molecular flexibility index (Phi) is 8.36. The Balaban J connectivity index is 1.07. The summed E-state index contributed by atoms with van der Waals surface area (Å²) >= 11 is 2.18. The molecular weight excluding hydrogens is 1070 g/mol. The Morgan fingerprint density at radius 3 is 1.79 bits per heavy atom. The van der Waals surface area contributed by atoms with Crippen LogP contribution >= 0.6 is 0 Å². The molecule has 0 aliphatic carbocycles. The fourth-order valence-electron chi connectivity index (χ4n) is 10.4. The van der Waals surface area contributed by atoms with Gasteiger partial charge in [0, 0.05) is 6.20 Å². The molecule has 7 heteroatoms. The van der Waals surface area contributed by atoms with Crippen molar-refractivity contribution < 1.29 is 37.8 Å². The quantitative estimate of drug-likeness (QED) is 0.142. The molecule has 0 fully saturated rings. The van der Waals surface area contributed by atoms with Crippen LogP contribution in [0.15, 0.2) is 206 Å². The van der Waals surface area contributed by atoms with E-state index in [1.54, 1.807) is 12.1 Å².